The van der Waals surface area contributed by atoms with Crippen molar-refractivity contribution in [3.8, 4) is 0 Å². The smallest absolute Gasteiger partial charge is 0.340 e. The molecule has 15 heavy (non-hydrogen) atoms. The van der Waals surface area contributed by atoms with Crippen LogP contribution in [0, 0.1) is 0 Å². The van der Waals surface area contributed by atoms with Gasteiger partial charge in [-0.15, -0.1) is 0 Å². The summed E-state index contributed by atoms with van der Waals surface area (Å²) in [4.78, 5) is 11.4. The second kappa shape index (κ2) is 4.45. The van der Waals surface area contributed by atoms with Crippen LogP contribution in [0.25, 0.3) is 0 Å². The SMILES string of the molecule is CCCCNC1OC(=O)c2ccccc21. The van der Waals surface area contributed by atoms with Crippen LogP contribution in [0.2, 0.25) is 0 Å². The van der Waals surface area contributed by atoms with Crippen molar-refractivity contribution in [2.24, 2.45) is 0 Å². The van der Waals surface area contributed by atoms with Crippen LogP contribution in [-0.2, 0) is 4.74 Å². The molecule has 0 saturated carbocycles. The summed E-state index contributed by atoms with van der Waals surface area (Å²) in [6.45, 7) is 3.01. The predicted molar refractivity (Wildman–Crippen MR) is 57.5 cm³/mol. The van der Waals surface area contributed by atoms with Crippen molar-refractivity contribution in [1.29, 1.82) is 0 Å². The highest BCUT2D eigenvalue weighted by atomic mass is 16.6. The summed E-state index contributed by atoms with van der Waals surface area (Å²) in [7, 11) is 0. The third-order valence-corrected chi connectivity index (χ3v) is 2.55. The Morgan fingerprint density at radius 3 is 3.00 bits per heavy atom. The van der Waals surface area contributed by atoms with E-state index in [-0.39, 0.29) is 12.2 Å². The maximum Gasteiger partial charge on any atom is 0.340 e. The molecule has 0 aliphatic carbocycles. The molecule has 1 aliphatic heterocycles. The van der Waals surface area contributed by atoms with Gasteiger partial charge < -0.3 is 4.74 Å². The molecule has 1 N–H and O–H groups in total. The van der Waals surface area contributed by atoms with E-state index in [4.69, 9.17) is 4.74 Å². The molecule has 1 atom stereocenters. The number of carbonyl (C=O) groups excluding carboxylic acids is 1. The Labute approximate surface area is 89.4 Å². The predicted octanol–water partition coefficient (Wildman–Crippen LogP) is 2.25. The highest BCUT2D eigenvalue weighted by Crippen LogP contribution is 2.27. The molecule has 0 fully saturated rings. The maximum atomic E-state index is 11.4. The second-order valence-electron chi connectivity index (χ2n) is 3.68. The van der Waals surface area contributed by atoms with E-state index >= 15 is 0 Å². The fourth-order valence-corrected chi connectivity index (χ4v) is 1.71. The molecular formula is C12H15NO2. The largest absolute Gasteiger partial charge is 0.439 e. The lowest BCUT2D eigenvalue weighted by atomic mass is 10.1. The van der Waals surface area contributed by atoms with Crippen LogP contribution >= 0.6 is 0 Å². The Kier molecular flexibility index (Phi) is 3.02. The van der Waals surface area contributed by atoms with E-state index in [0.717, 1.165) is 24.9 Å². The summed E-state index contributed by atoms with van der Waals surface area (Å²) < 4.78 is 5.23. The molecule has 1 aromatic rings. The van der Waals surface area contributed by atoms with Crippen LogP contribution in [0.4, 0.5) is 0 Å². The molecule has 0 saturated heterocycles. The highest BCUT2D eigenvalue weighted by molar-refractivity contribution is 5.93. The van der Waals surface area contributed by atoms with Crippen LogP contribution in [-0.4, -0.2) is 12.5 Å². The number of carbonyl (C=O) groups is 1. The van der Waals surface area contributed by atoms with Crippen molar-refractivity contribution in [2.75, 3.05) is 6.54 Å². The average Bonchev–Trinajstić information content (AvgIpc) is 2.58. The summed E-state index contributed by atoms with van der Waals surface area (Å²) in [5.74, 6) is -0.223. The van der Waals surface area contributed by atoms with E-state index in [1.54, 1.807) is 6.07 Å². The van der Waals surface area contributed by atoms with Gasteiger partial charge in [0.2, 0.25) is 0 Å². The van der Waals surface area contributed by atoms with Gasteiger partial charge in [0.1, 0.15) is 0 Å². The molecule has 0 bridgehead atoms. The minimum Gasteiger partial charge on any atom is -0.439 e. The van der Waals surface area contributed by atoms with Crippen LogP contribution in [0.5, 0.6) is 0 Å². The van der Waals surface area contributed by atoms with Crippen molar-refractivity contribution in [3.63, 3.8) is 0 Å². The lowest BCUT2D eigenvalue weighted by Gasteiger charge is -2.11. The van der Waals surface area contributed by atoms with E-state index in [0.29, 0.717) is 5.56 Å². The molecule has 1 aromatic carbocycles. The zero-order valence-electron chi connectivity index (χ0n) is 8.82. The number of hydrogen-bond acceptors (Lipinski definition) is 3. The summed E-state index contributed by atoms with van der Waals surface area (Å²) in [5, 5.41) is 3.23. The Balaban J connectivity index is 2.08. The summed E-state index contributed by atoms with van der Waals surface area (Å²) in [6, 6.07) is 7.52. The Morgan fingerprint density at radius 2 is 2.20 bits per heavy atom. The maximum absolute atomic E-state index is 11.4. The molecule has 0 aromatic heterocycles. The van der Waals surface area contributed by atoms with Gasteiger partial charge in [0.15, 0.2) is 6.23 Å². The van der Waals surface area contributed by atoms with Gasteiger partial charge in [-0.25, -0.2) is 4.79 Å². The molecule has 1 aliphatic rings. The molecule has 2 rings (SSSR count). The van der Waals surface area contributed by atoms with Gasteiger partial charge in [0.05, 0.1) is 5.56 Å². The van der Waals surface area contributed by atoms with Crippen LogP contribution in [0.3, 0.4) is 0 Å². The first-order valence-electron chi connectivity index (χ1n) is 5.36. The third-order valence-electron chi connectivity index (χ3n) is 2.55. The molecule has 80 valence electrons. The Morgan fingerprint density at radius 1 is 1.40 bits per heavy atom. The summed E-state index contributed by atoms with van der Waals surface area (Å²) in [6.07, 6.45) is 1.98. The number of cyclic esters (lactones) is 1. The lowest BCUT2D eigenvalue weighted by Crippen LogP contribution is -2.22. The molecular weight excluding hydrogens is 190 g/mol. The quantitative estimate of drug-likeness (QED) is 0.605. The summed E-state index contributed by atoms with van der Waals surface area (Å²) in [5.41, 5.74) is 1.64. The Hall–Kier alpha value is -1.35. The minimum atomic E-state index is -0.250. The first-order valence-corrected chi connectivity index (χ1v) is 5.36. The zero-order chi connectivity index (χ0) is 10.7. The monoisotopic (exact) mass is 205 g/mol. The number of fused-ring (bicyclic) bond motifs is 1. The van der Waals surface area contributed by atoms with Gasteiger partial charge in [-0.2, -0.15) is 0 Å². The van der Waals surface area contributed by atoms with Crippen molar-refractivity contribution in [3.05, 3.63) is 35.4 Å². The fourth-order valence-electron chi connectivity index (χ4n) is 1.71. The second-order valence-corrected chi connectivity index (χ2v) is 3.68. The molecule has 0 amide bonds. The van der Waals surface area contributed by atoms with E-state index in [2.05, 4.69) is 12.2 Å². The number of hydrogen-bond donors (Lipinski definition) is 1. The van der Waals surface area contributed by atoms with Gasteiger partial charge in [-0.3, -0.25) is 5.32 Å². The molecule has 3 nitrogen and oxygen atoms in total. The molecule has 3 heteroatoms. The minimum absolute atomic E-state index is 0.223. The van der Waals surface area contributed by atoms with Gasteiger partial charge in [-0.1, -0.05) is 31.5 Å². The van der Waals surface area contributed by atoms with E-state index < -0.39 is 0 Å². The normalized spacial score (nSPS) is 18.7. The number of nitrogens with one attached hydrogen (secondary N) is 1. The zero-order valence-corrected chi connectivity index (χ0v) is 8.82. The van der Waals surface area contributed by atoms with E-state index in [1.165, 1.54) is 0 Å². The lowest BCUT2D eigenvalue weighted by molar-refractivity contribution is 0.0309. The average molecular weight is 205 g/mol. The number of esters is 1. The first-order chi connectivity index (χ1) is 7.33. The summed E-state index contributed by atoms with van der Waals surface area (Å²) >= 11 is 0. The van der Waals surface area contributed by atoms with Gasteiger partial charge in [0, 0.05) is 5.56 Å². The number of benzene rings is 1. The van der Waals surface area contributed by atoms with Crippen molar-refractivity contribution in [2.45, 2.75) is 26.0 Å². The molecule has 0 spiro atoms. The Bertz CT molecular complexity index is 362. The van der Waals surface area contributed by atoms with Crippen LogP contribution < -0.4 is 5.32 Å². The van der Waals surface area contributed by atoms with Gasteiger partial charge in [-0.05, 0) is 19.0 Å². The van der Waals surface area contributed by atoms with Gasteiger partial charge in [0.25, 0.3) is 0 Å². The number of rotatable bonds is 4. The van der Waals surface area contributed by atoms with Gasteiger partial charge >= 0.3 is 5.97 Å². The van der Waals surface area contributed by atoms with Crippen LogP contribution in [0.15, 0.2) is 24.3 Å². The van der Waals surface area contributed by atoms with E-state index in [9.17, 15) is 4.79 Å². The fraction of sp³-hybridized carbons (Fsp3) is 0.417. The third kappa shape index (κ3) is 2.02. The van der Waals surface area contributed by atoms with E-state index in [1.807, 2.05) is 18.2 Å². The molecule has 1 heterocycles. The highest BCUT2D eigenvalue weighted by Gasteiger charge is 2.29. The van der Waals surface area contributed by atoms with Crippen molar-refractivity contribution >= 4 is 5.97 Å². The standard InChI is InChI=1S/C12H15NO2/c1-2-3-8-13-11-9-6-4-5-7-10(9)12(14)15-11/h4-7,11,13H,2-3,8H2,1H3. The number of ether oxygens (including phenoxy) is 1. The van der Waals surface area contributed by atoms with Crippen molar-refractivity contribution in [1.82, 2.24) is 5.32 Å². The number of unbranched alkanes of at least 4 members (excludes halogenated alkanes) is 1. The van der Waals surface area contributed by atoms with Crippen molar-refractivity contribution < 1.29 is 9.53 Å². The van der Waals surface area contributed by atoms with Crippen LogP contribution in [0.1, 0.15) is 41.9 Å². The topological polar surface area (TPSA) is 38.3 Å². The first kappa shape index (κ1) is 10.2. The molecule has 0 radical (unpaired) electrons. The molecule has 1 unspecified atom stereocenters.